The van der Waals surface area contributed by atoms with Crippen LogP contribution in [0.15, 0.2) is 54.9 Å². The van der Waals surface area contributed by atoms with Crippen molar-refractivity contribution in [3.8, 4) is 5.88 Å². The highest BCUT2D eigenvalue weighted by molar-refractivity contribution is 5.92. The molecule has 5 heteroatoms. The molecule has 2 aliphatic rings. The third kappa shape index (κ3) is 3.42. The van der Waals surface area contributed by atoms with Gasteiger partial charge in [-0.2, -0.15) is 0 Å². The van der Waals surface area contributed by atoms with E-state index in [1.807, 2.05) is 18.5 Å². The Hall–Kier alpha value is -2.66. The van der Waals surface area contributed by atoms with Crippen LogP contribution in [0.1, 0.15) is 30.7 Å². The van der Waals surface area contributed by atoms with Gasteiger partial charge < -0.3 is 14.4 Å². The minimum atomic E-state index is 0.134. The first-order chi connectivity index (χ1) is 13.9. The fraction of sp³-hybridized carbons (Fsp3) is 0.391. The maximum atomic E-state index is 6.40. The van der Waals surface area contributed by atoms with E-state index in [2.05, 4.69) is 51.3 Å². The largest absolute Gasteiger partial charge is 0.472 e. The molecule has 4 heterocycles. The van der Waals surface area contributed by atoms with E-state index in [4.69, 9.17) is 9.47 Å². The zero-order chi connectivity index (χ0) is 18.8. The zero-order valence-electron chi connectivity index (χ0n) is 16.0. The van der Waals surface area contributed by atoms with Crippen molar-refractivity contribution in [1.82, 2.24) is 9.97 Å². The minimum absolute atomic E-state index is 0.134. The number of anilines is 1. The third-order valence-corrected chi connectivity index (χ3v) is 5.84. The number of ether oxygens (including phenoxy) is 2. The number of fused-ring (bicyclic) bond motifs is 1. The first kappa shape index (κ1) is 17.4. The summed E-state index contributed by atoms with van der Waals surface area (Å²) in [5.74, 6) is 2.33. The van der Waals surface area contributed by atoms with Crippen molar-refractivity contribution in [3.63, 3.8) is 0 Å². The van der Waals surface area contributed by atoms with E-state index in [9.17, 15) is 0 Å². The van der Waals surface area contributed by atoms with Crippen LogP contribution >= 0.6 is 0 Å². The van der Waals surface area contributed by atoms with Crippen LogP contribution in [0.5, 0.6) is 5.88 Å². The highest BCUT2D eigenvalue weighted by Crippen LogP contribution is 2.34. The van der Waals surface area contributed by atoms with Crippen LogP contribution in [0.3, 0.4) is 0 Å². The van der Waals surface area contributed by atoms with E-state index in [0.29, 0.717) is 5.92 Å². The molecule has 0 saturated carbocycles. The Balaban J connectivity index is 1.33. The van der Waals surface area contributed by atoms with Gasteiger partial charge in [0.1, 0.15) is 11.9 Å². The number of rotatable bonds is 4. The summed E-state index contributed by atoms with van der Waals surface area (Å²) in [6.07, 6.45) is 6.92. The lowest BCUT2D eigenvalue weighted by molar-refractivity contribution is 0.0840. The maximum Gasteiger partial charge on any atom is 0.217 e. The van der Waals surface area contributed by atoms with E-state index >= 15 is 0 Å². The average Bonchev–Trinajstić information content (AvgIpc) is 3.23. The fourth-order valence-corrected chi connectivity index (χ4v) is 4.35. The van der Waals surface area contributed by atoms with Crippen LogP contribution in [0, 0.1) is 0 Å². The molecular weight excluding hydrogens is 350 g/mol. The Morgan fingerprint density at radius 1 is 0.929 bits per heavy atom. The molecule has 0 amide bonds. The van der Waals surface area contributed by atoms with E-state index in [-0.39, 0.29) is 6.10 Å². The molecule has 2 fully saturated rings. The Morgan fingerprint density at radius 2 is 1.82 bits per heavy atom. The molecular formula is C23H25N3O2. The topological polar surface area (TPSA) is 47.5 Å². The first-order valence-corrected chi connectivity index (χ1v) is 10.2. The van der Waals surface area contributed by atoms with E-state index in [1.165, 1.54) is 16.3 Å². The normalized spacial score (nSPS) is 20.6. The number of hydrogen-bond acceptors (Lipinski definition) is 5. The smallest absolute Gasteiger partial charge is 0.217 e. The molecule has 0 N–H and O–H groups in total. The summed E-state index contributed by atoms with van der Waals surface area (Å²) in [5.41, 5.74) is 1.23. The number of benzene rings is 1. The predicted octanol–water partition coefficient (Wildman–Crippen LogP) is 4.18. The summed E-state index contributed by atoms with van der Waals surface area (Å²) < 4.78 is 11.9. The van der Waals surface area contributed by atoms with E-state index in [1.54, 1.807) is 0 Å². The van der Waals surface area contributed by atoms with Crippen LogP contribution < -0.4 is 9.64 Å². The van der Waals surface area contributed by atoms with Gasteiger partial charge in [0.2, 0.25) is 5.88 Å². The molecule has 5 nitrogen and oxygen atoms in total. The van der Waals surface area contributed by atoms with Gasteiger partial charge in [-0.1, -0.05) is 30.3 Å². The highest BCUT2D eigenvalue weighted by Gasteiger charge is 2.28. The number of aromatic nitrogens is 2. The van der Waals surface area contributed by atoms with Gasteiger partial charge in [-0.3, -0.25) is 0 Å². The lowest BCUT2D eigenvalue weighted by atomic mass is 9.92. The van der Waals surface area contributed by atoms with Crippen LogP contribution in [0.2, 0.25) is 0 Å². The standard InChI is InChI=1S/C23H25N3O2/c1-2-5-20-17(4-1)7-12-24-22(20)26-13-8-19(16-26)28-23-21(6-3-11-25-23)18-9-14-27-15-10-18/h1-7,11-12,18-19H,8-10,13-16H2. The van der Waals surface area contributed by atoms with Crippen molar-refractivity contribution >= 4 is 16.6 Å². The van der Waals surface area contributed by atoms with Gasteiger partial charge in [-0.25, -0.2) is 9.97 Å². The lowest BCUT2D eigenvalue weighted by Gasteiger charge is -2.25. The third-order valence-electron chi connectivity index (χ3n) is 5.84. The van der Waals surface area contributed by atoms with Gasteiger partial charge in [0.15, 0.2) is 0 Å². The van der Waals surface area contributed by atoms with E-state index < -0.39 is 0 Å². The molecule has 0 aliphatic carbocycles. The van der Waals surface area contributed by atoms with Gasteiger partial charge in [0.25, 0.3) is 0 Å². The predicted molar refractivity (Wildman–Crippen MR) is 110 cm³/mol. The van der Waals surface area contributed by atoms with E-state index in [0.717, 1.165) is 57.3 Å². The average molecular weight is 375 g/mol. The van der Waals surface area contributed by atoms with Crippen LogP contribution in [0.4, 0.5) is 5.82 Å². The number of pyridine rings is 2. The Kier molecular flexibility index (Phi) is 4.83. The molecule has 5 rings (SSSR count). The quantitative estimate of drug-likeness (QED) is 0.685. The molecule has 0 radical (unpaired) electrons. The zero-order valence-corrected chi connectivity index (χ0v) is 16.0. The first-order valence-electron chi connectivity index (χ1n) is 10.2. The molecule has 2 aromatic heterocycles. The second-order valence-electron chi connectivity index (χ2n) is 7.61. The van der Waals surface area contributed by atoms with Crippen molar-refractivity contribution in [2.75, 3.05) is 31.2 Å². The molecule has 28 heavy (non-hydrogen) atoms. The molecule has 144 valence electrons. The molecule has 3 aromatic rings. The fourth-order valence-electron chi connectivity index (χ4n) is 4.35. The summed E-state index contributed by atoms with van der Waals surface area (Å²) in [6, 6.07) is 14.7. The van der Waals surface area contributed by atoms with Gasteiger partial charge in [0.05, 0.1) is 6.54 Å². The summed E-state index contributed by atoms with van der Waals surface area (Å²) in [6.45, 7) is 3.43. The summed E-state index contributed by atoms with van der Waals surface area (Å²) in [5, 5.41) is 2.43. The van der Waals surface area contributed by atoms with Crippen molar-refractivity contribution in [3.05, 3.63) is 60.4 Å². The summed E-state index contributed by atoms with van der Waals surface area (Å²) in [4.78, 5) is 11.6. The SMILES string of the molecule is c1cnc(OC2CCN(c3nccc4ccccc34)C2)c(C2CCOCC2)c1. The molecule has 1 aromatic carbocycles. The monoisotopic (exact) mass is 375 g/mol. The number of nitrogens with zero attached hydrogens (tertiary/aromatic N) is 3. The molecule has 0 bridgehead atoms. The summed E-state index contributed by atoms with van der Waals surface area (Å²) >= 11 is 0. The number of hydrogen-bond donors (Lipinski definition) is 0. The Labute approximate surface area is 165 Å². The van der Waals surface area contributed by atoms with Gasteiger partial charge >= 0.3 is 0 Å². The van der Waals surface area contributed by atoms with Gasteiger partial charge in [-0.05, 0) is 36.3 Å². The van der Waals surface area contributed by atoms with Crippen LogP contribution in [-0.4, -0.2) is 42.4 Å². The Bertz CT molecular complexity index is 950. The summed E-state index contributed by atoms with van der Waals surface area (Å²) in [7, 11) is 0. The molecule has 2 aliphatic heterocycles. The second-order valence-corrected chi connectivity index (χ2v) is 7.61. The maximum absolute atomic E-state index is 6.40. The van der Waals surface area contributed by atoms with Crippen molar-refractivity contribution in [1.29, 1.82) is 0 Å². The van der Waals surface area contributed by atoms with Crippen LogP contribution in [0.25, 0.3) is 10.8 Å². The lowest BCUT2D eigenvalue weighted by Crippen LogP contribution is -2.26. The highest BCUT2D eigenvalue weighted by atomic mass is 16.5. The van der Waals surface area contributed by atoms with Crippen molar-refractivity contribution in [2.45, 2.75) is 31.3 Å². The van der Waals surface area contributed by atoms with Crippen molar-refractivity contribution in [2.24, 2.45) is 0 Å². The van der Waals surface area contributed by atoms with Gasteiger partial charge in [0, 0.05) is 49.5 Å². The molecule has 1 atom stereocenters. The molecule has 0 spiro atoms. The second kappa shape index (κ2) is 7.76. The molecule has 1 unspecified atom stereocenters. The van der Waals surface area contributed by atoms with Crippen LogP contribution in [-0.2, 0) is 4.74 Å². The minimum Gasteiger partial charge on any atom is -0.472 e. The molecule has 2 saturated heterocycles. The Morgan fingerprint density at radius 3 is 2.75 bits per heavy atom. The van der Waals surface area contributed by atoms with Gasteiger partial charge in [-0.15, -0.1) is 0 Å². The van der Waals surface area contributed by atoms with Crippen molar-refractivity contribution < 1.29 is 9.47 Å².